The fraction of sp³-hybridized carbons (Fsp3) is 0.0690. The molecule has 0 bridgehead atoms. The van der Waals surface area contributed by atoms with E-state index < -0.39 is 6.04 Å². The first kappa shape index (κ1) is 22.1. The molecule has 5 aromatic rings. The Balaban J connectivity index is 1.28. The van der Waals surface area contributed by atoms with Gasteiger partial charge in [-0.25, -0.2) is 5.43 Å². The van der Waals surface area contributed by atoms with Gasteiger partial charge in [-0.2, -0.15) is 5.10 Å². The molecule has 0 aliphatic rings. The Morgan fingerprint density at radius 1 is 0.800 bits per heavy atom. The lowest BCUT2D eigenvalue weighted by Gasteiger charge is -2.18. The van der Waals surface area contributed by atoms with Crippen molar-refractivity contribution in [1.82, 2.24) is 15.7 Å². The van der Waals surface area contributed by atoms with Crippen molar-refractivity contribution in [3.63, 3.8) is 0 Å². The highest BCUT2D eigenvalue weighted by Crippen LogP contribution is 2.25. The molecule has 6 heteroatoms. The number of hydrogen-bond acceptors (Lipinski definition) is 3. The third-order valence-corrected chi connectivity index (χ3v) is 5.87. The predicted molar refractivity (Wildman–Crippen MR) is 139 cm³/mol. The minimum absolute atomic E-state index is 0.0570. The number of aromatic nitrogens is 1. The molecule has 172 valence electrons. The van der Waals surface area contributed by atoms with E-state index in [0.29, 0.717) is 5.56 Å². The normalized spacial score (nSPS) is 12.1. The summed E-state index contributed by atoms with van der Waals surface area (Å²) in [7, 11) is 0. The summed E-state index contributed by atoms with van der Waals surface area (Å²) in [5, 5.41) is 9.36. The fourth-order valence-electron chi connectivity index (χ4n) is 4.12. The maximum atomic E-state index is 12.7. The van der Waals surface area contributed by atoms with Gasteiger partial charge in [0.2, 0.25) is 5.91 Å². The van der Waals surface area contributed by atoms with Gasteiger partial charge < -0.3 is 10.3 Å². The number of carbonyl (C=O) groups is 2. The van der Waals surface area contributed by atoms with Gasteiger partial charge >= 0.3 is 0 Å². The number of amides is 2. The lowest BCUT2D eigenvalue weighted by atomic mass is 10.0. The second-order valence-electron chi connectivity index (χ2n) is 8.28. The third kappa shape index (κ3) is 5.12. The van der Waals surface area contributed by atoms with E-state index in [2.05, 4.69) is 26.9 Å². The second-order valence-corrected chi connectivity index (χ2v) is 8.28. The highest BCUT2D eigenvalue weighted by molar-refractivity contribution is 6.08. The van der Waals surface area contributed by atoms with Gasteiger partial charge in [-0.3, -0.25) is 9.59 Å². The molecule has 0 radical (unpaired) electrons. The standard InChI is InChI=1S/C29H24N4O2/c34-28(18-27(21-9-3-1-4-10-21)32-29(35)22-11-5-2-6-12-22)33-30-19-20-15-16-26-24(17-20)23-13-7-8-14-25(23)31-26/h1-17,19,27,31H,18H2,(H,32,35)(H,33,34)/b30-19-/t27-/m1/s1. The zero-order valence-corrected chi connectivity index (χ0v) is 18.9. The Morgan fingerprint density at radius 3 is 2.29 bits per heavy atom. The van der Waals surface area contributed by atoms with Gasteiger partial charge in [0.25, 0.3) is 5.91 Å². The fourth-order valence-corrected chi connectivity index (χ4v) is 4.12. The summed E-state index contributed by atoms with van der Waals surface area (Å²) in [6, 6.07) is 32.0. The molecule has 0 aliphatic heterocycles. The summed E-state index contributed by atoms with van der Waals surface area (Å²) in [6.45, 7) is 0. The molecule has 0 unspecified atom stereocenters. The van der Waals surface area contributed by atoms with E-state index in [4.69, 9.17) is 0 Å². The molecule has 1 atom stereocenters. The Bertz CT molecular complexity index is 1510. The lowest BCUT2D eigenvalue weighted by Crippen LogP contribution is -2.32. The third-order valence-electron chi connectivity index (χ3n) is 5.87. The monoisotopic (exact) mass is 460 g/mol. The van der Waals surface area contributed by atoms with Crippen LogP contribution in [0.2, 0.25) is 0 Å². The van der Waals surface area contributed by atoms with Crippen LogP contribution < -0.4 is 10.7 Å². The number of aromatic amines is 1. The van der Waals surface area contributed by atoms with Crippen molar-refractivity contribution in [2.75, 3.05) is 0 Å². The quantitative estimate of drug-likeness (QED) is 0.226. The van der Waals surface area contributed by atoms with Crippen LogP contribution in [0, 0.1) is 0 Å². The highest BCUT2D eigenvalue weighted by atomic mass is 16.2. The molecule has 35 heavy (non-hydrogen) atoms. The number of para-hydroxylation sites is 1. The minimum atomic E-state index is -0.485. The first-order chi connectivity index (χ1) is 17.2. The number of nitrogens with one attached hydrogen (secondary N) is 3. The summed E-state index contributed by atoms with van der Waals surface area (Å²) in [5.41, 5.74) is 6.99. The van der Waals surface area contributed by atoms with Gasteiger partial charge in [-0.05, 0) is 41.5 Å². The molecule has 3 N–H and O–H groups in total. The van der Waals surface area contributed by atoms with Crippen LogP contribution >= 0.6 is 0 Å². The molecule has 2 amide bonds. The number of hydrazone groups is 1. The number of rotatable bonds is 7. The van der Waals surface area contributed by atoms with Crippen molar-refractivity contribution in [2.24, 2.45) is 5.10 Å². The van der Waals surface area contributed by atoms with Crippen LogP contribution in [-0.4, -0.2) is 23.0 Å². The molecule has 4 aromatic carbocycles. The van der Waals surface area contributed by atoms with E-state index in [9.17, 15) is 9.59 Å². The molecular formula is C29H24N4O2. The molecule has 0 fully saturated rings. The van der Waals surface area contributed by atoms with Crippen molar-refractivity contribution in [2.45, 2.75) is 12.5 Å². The molecule has 1 heterocycles. The summed E-state index contributed by atoms with van der Waals surface area (Å²) in [4.78, 5) is 28.8. The van der Waals surface area contributed by atoms with Crippen molar-refractivity contribution < 1.29 is 9.59 Å². The van der Waals surface area contributed by atoms with Gasteiger partial charge in [0.05, 0.1) is 18.7 Å². The summed E-state index contributed by atoms with van der Waals surface area (Å²) in [5.74, 6) is -0.528. The minimum Gasteiger partial charge on any atom is -0.355 e. The Morgan fingerprint density at radius 2 is 1.49 bits per heavy atom. The van der Waals surface area contributed by atoms with Crippen LogP contribution in [0.1, 0.15) is 33.9 Å². The number of fused-ring (bicyclic) bond motifs is 3. The van der Waals surface area contributed by atoms with Crippen LogP contribution in [0.25, 0.3) is 21.8 Å². The predicted octanol–water partition coefficient (Wildman–Crippen LogP) is 5.33. The summed E-state index contributed by atoms with van der Waals surface area (Å²) in [6.07, 6.45) is 1.68. The van der Waals surface area contributed by atoms with Crippen molar-refractivity contribution in [3.8, 4) is 0 Å². The topological polar surface area (TPSA) is 86.3 Å². The molecular weight excluding hydrogens is 436 g/mol. The Labute approximate surface area is 202 Å². The average Bonchev–Trinajstić information content (AvgIpc) is 3.27. The number of benzene rings is 4. The van der Waals surface area contributed by atoms with Gasteiger partial charge in [0.1, 0.15) is 0 Å². The van der Waals surface area contributed by atoms with Crippen LogP contribution in [0.4, 0.5) is 0 Å². The molecule has 0 saturated heterocycles. The number of hydrogen-bond donors (Lipinski definition) is 3. The van der Waals surface area contributed by atoms with E-state index in [1.165, 1.54) is 0 Å². The maximum absolute atomic E-state index is 12.7. The van der Waals surface area contributed by atoms with E-state index >= 15 is 0 Å². The van der Waals surface area contributed by atoms with Gasteiger partial charge in [-0.15, -0.1) is 0 Å². The average molecular weight is 461 g/mol. The zero-order chi connectivity index (χ0) is 24.0. The highest BCUT2D eigenvalue weighted by Gasteiger charge is 2.19. The molecule has 1 aromatic heterocycles. The van der Waals surface area contributed by atoms with Crippen LogP contribution in [0.15, 0.2) is 108 Å². The first-order valence-corrected chi connectivity index (χ1v) is 11.4. The van der Waals surface area contributed by atoms with Crippen molar-refractivity contribution >= 4 is 39.8 Å². The van der Waals surface area contributed by atoms with Gasteiger partial charge in [0.15, 0.2) is 0 Å². The van der Waals surface area contributed by atoms with Gasteiger partial charge in [-0.1, -0.05) is 72.8 Å². The van der Waals surface area contributed by atoms with Crippen LogP contribution in [0.3, 0.4) is 0 Å². The SMILES string of the molecule is O=C(C[C@@H](NC(=O)c1ccccc1)c1ccccc1)N/N=C\c1ccc2[nH]c3ccccc3c2c1. The maximum Gasteiger partial charge on any atom is 0.251 e. The Kier molecular flexibility index (Phi) is 6.35. The smallest absolute Gasteiger partial charge is 0.251 e. The van der Waals surface area contributed by atoms with Crippen molar-refractivity contribution in [1.29, 1.82) is 0 Å². The second kappa shape index (κ2) is 10.1. The summed E-state index contributed by atoms with van der Waals surface area (Å²) >= 11 is 0. The molecule has 6 nitrogen and oxygen atoms in total. The van der Waals surface area contributed by atoms with E-state index in [1.807, 2.05) is 84.9 Å². The number of nitrogens with zero attached hydrogens (tertiary/aromatic N) is 1. The molecule has 0 saturated carbocycles. The van der Waals surface area contributed by atoms with Gasteiger partial charge in [0, 0.05) is 27.4 Å². The molecule has 0 aliphatic carbocycles. The van der Waals surface area contributed by atoms with Crippen LogP contribution in [0.5, 0.6) is 0 Å². The van der Waals surface area contributed by atoms with E-state index in [0.717, 1.165) is 32.9 Å². The number of H-pyrrole nitrogens is 1. The summed E-state index contributed by atoms with van der Waals surface area (Å²) < 4.78 is 0. The molecule has 0 spiro atoms. The van der Waals surface area contributed by atoms with Crippen LogP contribution in [-0.2, 0) is 4.79 Å². The first-order valence-electron chi connectivity index (χ1n) is 11.4. The Hall–Kier alpha value is -4.71. The van der Waals surface area contributed by atoms with E-state index in [1.54, 1.807) is 18.3 Å². The largest absolute Gasteiger partial charge is 0.355 e. The molecule has 5 rings (SSSR count). The lowest BCUT2D eigenvalue weighted by molar-refractivity contribution is -0.121. The zero-order valence-electron chi connectivity index (χ0n) is 18.9. The number of carbonyl (C=O) groups excluding carboxylic acids is 2. The van der Waals surface area contributed by atoms with Crippen molar-refractivity contribution in [3.05, 3.63) is 120 Å². The van der Waals surface area contributed by atoms with E-state index in [-0.39, 0.29) is 18.2 Å².